The van der Waals surface area contributed by atoms with Crippen molar-refractivity contribution in [1.82, 2.24) is 15.5 Å². The molecule has 8 heteroatoms. The number of ether oxygens (including phenoxy) is 3. The van der Waals surface area contributed by atoms with Crippen LogP contribution >= 0.6 is 0 Å². The number of aliphatic hydroxyl groups excluding tert-OH is 2. The number of hydrogen-bond donors (Lipinski definition) is 4. The first kappa shape index (κ1) is 25.7. The zero-order chi connectivity index (χ0) is 21.3. The van der Waals surface area contributed by atoms with E-state index in [1.165, 1.54) is 0 Å². The molecule has 0 aromatic rings. The third kappa shape index (κ3) is 6.60. The molecule has 1 heterocycles. The van der Waals surface area contributed by atoms with Crippen LogP contribution in [0.3, 0.4) is 0 Å². The van der Waals surface area contributed by atoms with Crippen LogP contribution in [0.5, 0.6) is 0 Å². The highest BCUT2D eigenvalue weighted by Crippen LogP contribution is 2.28. The van der Waals surface area contributed by atoms with Gasteiger partial charge in [-0.3, -0.25) is 10.2 Å². The minimum atomic E-state index is -0.786. The first-order chi connectivity index (χ1) is 13.2. The lowest BCUT2D eigenvalue weighted by molar-refractivity contribution is -0.148. The van der Waals surface area contributed by atoms with E-state index in [0.29, 0.717) is 19.8 Å². The maximum Gasteiger partial charge on any atom is 0.110 e. The summed E-state index contributed by atoms with van der Waals surface area (Å²) in [5.74, 6) is -0.195. The van der Waals surface area contributed by atoms with Crippen molar-refractivity contribution in [3.8, 4) is 0 Å². The Morgan fingerprint density at radius 3 is 2.25 bits per heavy atom. The van der Waals surface area contributed by atoms with Crippen LogP contribution in [0, 0.1) is 5.92 Å². The fourth-order valence-corrected chi connectivity index (χ4v) is 3.95. The van der Waals surface area contributed by atoms with Crippen LogP contribution in [0.2, 0.25) is 0 Å². The summed E-state index contributed by atoms with van der Waals surface area (Å²) < 4.78 is 16.8. The van der Waals surface area contributed by atoms with E-state index >= 15 is 0 Å². The second kappa shape index (κ2) is 12.4. The highest BCUT2D eigenvalue weighted by atomic mass is 16.5. The van der Waals surface area contributed by atoms with Crippen LogP contribution in [-0.4, -0.2) is 105 Å². The molecule has 0 aromatic carbocycles. The summed E-state index contributed by atoms with van der Waals surface area (Å²) in [6.45, 7) is 11.3. The van der Waals surface area contributed by atoms with Crippen molar-refractivity contribution >= 4 is 0 Å². The number of hydrogen-bond acceptors (Lipinski definition) is 8. The van der Waals surface area contributed by atoms with Crippen molar-refractivity contribution in [2.45, 2.75) is 70.2 Å². The molecule has 0 aliphatic carbocycles. The van der Waals surface area contributed by atoms with Crippen molar-refractivity contribution in [1.29, 1.82) is 0 Å². The van der Waals surface area contributed by atoms with Gasteiger partial charge in [0.05, 0.1) is 31.0 Å². The Labute approximate surface area is 170 Å². The summed E-state index contributed by atoms with van der Waals surface area (Å²) in [6, 6.07) is -0.193. The molecule has 5 unspecified atom stereocenters. The van der Waals surface area contributed by atoms with E-state index in [1.54, 1.807) is 14.2 Å². The molecule has 0 saturated carbocycles. The first-order valence-electron chi connectivity index (χ1n) is 10.4. The standard InChI is InChI=1S/C20H43N3O5/c1-8-20(4,27-7)18(26-6)14(2)19(25)22-13-16(17(24)15(3)21-5)23-9-11-28-12-10-23/h14-19,21-22,24-25H,8-13H2,1-7H3/t14?,15?,16-,17?,18?,19?,20-/m0/s1. The normalized spacial score (nSPS) is 24.8. The number of nitrogens with one attached hydrogen (secondary N) is 2. The van der Waals surface area contributed by atoms with Gasteiger partial charge in [0, 0.05) is 51.9 Å². The molecule has 8 nitrogen and oxygen atoms in total. The maximum absolute atomic E-state index is 10.8. The number of aliphatic hydroxyl groups is 2. The Hall–Kier alpha value is -0.320. The fraction of sp³-hybridized carbons (Fsp3) is 1.00. The lowest BCUT2D eigenvalue weighted by Gasteiger charge is -2.42. The SMILES string of the molecule is CC[C@](C)(OC)C(OC)C(C)C(O)NC[C@@H](C(O)C(C)NC)N1CCOCC1. The average molecular weight is 406 g/mol. The molecule has 0 bridgehead atoms. The van der Waals surface area contributed by atoms with Crippen molar-refractivity contribution in [2.75, 3.05) is 54.1 Å². The van der Waals surface area contributed by atoms with Gasteiger partial charge in [-0.25, -0.2) is 0 Å². The average Bonchev–Trinajstić information content (AvgIpc) is 2.73. The van der Waals surface area contributed by atoms with Gasteiger partial charge in [-0.05, 0) is 27.3 Å². The molecule has 4 N–H and O–H groups in total. The summed E-state index contributed by atoms with van der Waals surface area (Å²) in [7, 11) is 5.16. The number of rotatable bonds is 13. The van der Waals surface area contributed by atoms with E-state index in [1.807, 2.05) is 34.7 Å². The molecule has 7 atom stereocenters. The Morgan fingerprint density at radius 2 is 1.79 bits per heavy atom. The molecule has 0 radical (unpaired) electrons. The lowest BCUT2D eigenvalue weighted by Crippen LogP contribution is -2.60. The van der Waals surface area contributed by atoms with E-state index < -0.39 is 17.9 Å². The Balaban J connectivity index is 2.80. The lowest BCUT2D eigenvalue weighted by atomic mass is 9.85. The zero-order valence-corrected chi connectivity index (χ0v) is 18.8. The molecule has 168 valence electrons. The summed E-state index contributed by atoms with van der Waals surface area (Å²) in [4.78, 5) is 2.23. The highest BCUT2D eigenvalue weighted by molar-refractivity contribution is 4.91. The van der Waals surface area contributed by atoms with Crippen molar-refractivity contribution < 1.29 is 24.4 Å². The zero-order valence-electron chi connectivity index (χ0n) is 18.8. The molecule has 0 aromatic heterocycles. The quantitative estimate of drug-likeness (QED) is 0.319. The monoisotopic (exact) mass is 405 g/mol. The number of methoxy groups -OCH3 is 2. The van der Waals surface area contributed by atoms with Crippen molar-refractivity contribution in [2.24, 2.45) is 5.92 Å². The number of likely N-dealkylation sites (N-methyl/N-ethyl adjacent to an activating group) is 1. The molecule has 1 aliphatic rings. The maximum atomic E-state index is 10.8. The number of morpholine rings is 1. The highest BCUT2D eigenvalue weighted by Gasteiger charge is 2.40. The van der Waals surface area contributed by atoms with Crippen LogP contribution in [0.25, 0.3) is 0 Å². The van der Waals surface area contributed by atoms with Crippen LogP contribution in [0.4, 0.5) is 0 Å². The van der Waals surface area contributed by atoms with E-state index in [9.17, 15) is 10.2 Å². The Morgan fingerprint density at radius 1 is 1.18 bits per heavy atom. The largest absolute Gasteiger partial charge is 0.390 e. The van der Waals surface area contributed by atoms with Gasteiger partial charge in [0.2, 0.25) is 0 Å². The molecule has 1 fully saturated rings. The molecule has 1 aliphatic heterocycles. The van der Waals surface area contributed by atoms with Crippen molar-refractivity contribution in [3.05, 3.63) is 0 Å². The number of nitrogens with zero attached hydrogens (tertiary/aromatic N) is 1. The van der Waals surface area contributed by atoms with Gasteiger partial charge in [-0.15, -0.1) is 0 Å². The molecule has 0 amide bonds. The summed E-state index contributed by atoms with van der Waals surface area (Å²) in [5, 5.41) is 28.0. The van der Waals surface area contributed by atoms with Crippen LogP contribution < -0.4 is 10.6 Å². The second-order valence-electron chi connectivity index (χ2n) is 8.02. The summed E-state index contributed by atoms with van der Waals surface area (Å²) in [5.41, 5.74) is -0.486. The van der Waals surface area contributed by atoms with Gasteiger partial charge in [0.1, 0.15) is 6.23 Å². The van der Waals surface area contributed by atoms with Crippen molar-refractivity contribution in [3.63, 3.8) is 0 Å². The molecule has 28 heavy (non-hydrogen) atoms. The smallest absolute Gasteiger partial charge is 0.110 e. The molecule has 1 saturated heterocycles. The van der Waals surface area contributed by atoms with Gasteiger partial charge in [0.25, 0.3) is 0 Å². The van der Waals surface area contributed by atoms with E-state index in [-0.39, 0.29) is 24.1 Å². The third-order valence-electron chi connectivity index (χ3n) is 6.41. The predicted octanol–water partition coefficient (Wildman–Crippen LogP) is 0.0302. The summed E-state index contributed by atoms with van der Waals surface area (Å²) >= 11 is 0. The Bertz CT molecular complexity index is 417. The molecule has 0 spiro atoms. The fourth-order valence-electron chi connectivity index (χ4n) is 3.95. The Kier molecular flexibility index (Phi) is 11.4. The van der Waals surface area contributed by atoms with Gasteiger partial charge >= 0.3 is 0 Å². The minimum Gasteiger partial charge on any atom is -0.390 e. The van der Waals surface area contributed by atoms with Gasteiger partial charge < -0.3 is 29.7 Å². The van der Waals surface area contributed by atoms with Gasteiger partial charge in [-0.1, -0.05) is 13.8 Å². The van der Waals surface area contributed by atoms with Crippen LogP contribution in [0.1, 0.15) is 34.1 Å². The van der Waals surface area contributed by atoms with Crippen LogP contribution in [-0.2, 0) is 14.2 Å². The van der Waals surface area contributed by atoms with E-state index in [2.05, 4.69) is 15.5 Å². The molecular weight excluding hydrogens is 362 g/mol. The topological polar surface area (TPSA) is 95.5 Å². The molecular formula is C20H43N3O5. The van der Waals surface area contributed by atoms with E-state index in [0.717, 1.165) is 19.5 Å². The predicted molar refractivity (Wildman–Crippen MR) is 110 cm³/mol. The van der Waals surface area contributed by atoms with E-state index in [4.69, 9.17) is 14.2 Å². The minimum absolute atomic E-state index is 0.0622. The summed E-state index contributed by atoms with van der Waals surface area (Å²) in [6.07, 6.45) is -0.857. The first-order valence-corrected chi connectivity index (χ1v) is 10.4. The van der Waals surface area contributed by atoms with Crippen LogP contribution in [0.15, 0.2) is 0 Å². The van der Waals surface area contributed by atoms with Gasteiger partial charge in [0.15, 0.2) is 0 Å². The second-order valence-corrected chi connectivity index (χ2v) is 8.02. The molecule has 1 rings (SSSR count). The third-order valence-corrected chi connectivity index (χ3v) is 6.41. The van der Waals surface area contributed by atoms with Gasteiger partial charge in [-0.2, -0.15) is 0 Å².